The van der Waals surface area contributed by atoms with Crippen molar-refractivity contribution in [3.8, 4) is 0 Å². The van der Waals surface area contributed by atoms with Gasteiger partial charge >= 0.3 is 11.9 Å². The van der Waals surface area contributed by atoms with Crippen LogP contribution in [-0.4, -0.2) is 41.2 Å². The SMILES string of the molecule is CCOC(=O)C(C)CSC(C)SCC(C)C(=O)OCC. The number of carbonyl (C=O) groups excluding carboxylic acids is 2. The van der Waals surface area contributed by atoms with Crippen molar-refractivity contribution < 1.29 is 19.1 Å². The Morgan fingerprint density at radius 1 is 0.850 bits per heavy atom. The zero-order valence-corrected chi connectivity index (χ0v) is 14.6. The molecule has 2 atom stereocenters. The van der Waals surface area contributed by atoms with Crippen molar-refractivity contribution in [3.05, 3.63) is 0 Å². The Balaban J connectivity index is 3.86. The highest BCUT2D eigenvalue weighted by Crippen LogP contribution is 2.27. The second-order valence-corrected chi connectivity index (χ2v) is 7.59. The maximum atomic E-state index is 11.5. The minimum absolute atomic E-state index is 0.0921. The summed E-state index contributed by atoms with van der Waals surface area (Å²) in [4.78, 5) is 23.0. The molecule has 0 aromatic heterocycles. The van der Waals surface area contributed by atoms with Crippen LogP contribution >= 0.6 is 23.5 Å². The number of thioether (sulfide) groups is 2. The molecule has 0 aliphatic heterocycles. The fourth-order valence-corrected chi connectivity index (χ4v) is 3.56. The van der Waals surface area contributed by atoms with E-state index in [2.05, 4.69) is 6.92 Å². The molecular weight excluding hydrogens is 296 g/mol. The van der Waals surface area contributed by atoms with E-state index in [-0.39, 0.29) is 23.8 Å². The third-order valence-electron chi connectivity index (χ3n) is 2.54. The summed E-state index contributed by atoms with van der Waals surface area (Å²) < 4.78 is 10.3. The third kappa shape index (κ3) is 8.74. The van der Waals surface area contributed by atoms with Crippen LogP contribution in [0.1, 0.15) is 34.6 Å². The number of ether oxygens (including phenoxy) is 2. The molecule has 0 bridgehead atoms. The van der Waals surface area contributed by atoms with E-state index in [1.54, 1.807) is 23.5 Å². The van der Waals surface area contributed by atoms with Gasteiger partial charge in [0.05, 0.1) is 25.0 Å². The molecule has 0 aromatic rings. The molecule has 0 N–H and O–H groups in total. The van der Waals surface area contributed by atoms with E-state index in [0.29, 0.717) is 17.8 Å². The van der Waals surface area contributed by atoms with E-state index in [1.165, 1.54) is 0 Å². The Labute approximate surface area is 130 Å². The van der Waals surface area contributed by atoms with Gasteiger partial charge in [-0.15, -0.1) is 23.5 Å². The lowest BCUT2D eigenvalue weighted by Crippen LogP contribution is -2.19. The fraction of sp³-hybridized carbons (Fsp3) is 0.857. The molecular formula is C14H26O4S2. The van der Waals surface area contributed by atoms with Gasteiger partial charge in [-0.1, -0.05) is 13.8 Å². The van der Waals surface area contributed by atoms with Gasteiger partial charge < -0.3 is 9.47 Å². The lowest BCUT2D eigenvalue weighted by Gasteiger charge is -2.16. The van der Waals surface area contributed by atoms with Gasteiger partial charge in [0.2, 0.25) is 0 Å². The van der Waals surface area contributed by atoms with Crippen molar-refractivity contribution in [2.45, 2.75) is 39.2 Å². The number of carbonyl (C=O) groups is 2. The standard InChI is InChI=1S/C14H26O4S2/c1-6-17-13(15)10(3)8-19-12(5)20-9-11(4)14(16)18-7-2/h10-12H,6-9H2,1-5H3. The monoisotopic (exact) mass is 322 g/mol. The van der Waals surface area contributed by atoms with Gasteiger partial charge in [-0.25, -0.2) is 0 Å². The van der Waals surface area contributed by atoms with Crippen LogP contribution in [0.3, 0.4) is 0 Å². The van der Waals surface area contributed by atoms with Gasteiger partial charge in [0.15, 0.2) is 0 Å². The number of esters is 2. The Morgan fingerprint density at radius 3 is 1.50 bits per heavy atom. The van der Waals surface area contributed by atoms with Crippen LogP contribution in [0.4, 0.5) is 0 Å². The van der Waals surface area contributed by atoms with Crippen LogP contribution < -0.4 is 0 Å². The van der Waals surface area contributed by atoms with Crippen LogP contribution in [0.2, 0.25) is 0 Å². The zero-order valence-electron chi connectivity index (χ0n) is 13.0. The summed E-state index contributed by atoms with van der Waals surface area (Å²) in [5.74, 6) is 1.01. The average molecular weight is 322 g/mol. The second kappa shape index (κ2) is 11.3. The van der Waals surface area contributed by atoms with Crippen LogP contribution in [0.25, 0.3) is 0 Å². The first-order valence-corrected chi connectivity index (χ1v) is 9.08. The molecule has 0 spiro atoms. The lowest BCUT2D eigenvalue weighted by molar-refractivity contribution is -0.147. The minimum Gasteiger partial charge on any atom is -0.466 e. The zero-order chi connectivity index (χ0) is 15.5. The largest absolute Gasteiger partial charge is 0.466 e. The Kier molecular flexibility index (Phi) is 11.1. The molecule has 0 saturated heterocycles. The Bertz CT molecular complexity index is 269. The van der Waals surface area contributed by atoms with Gasteiger partial charge in [0, 0.05) is 16.1 Å². The summed E-state index contributed by atoms with van der Waals surface area (Å²) in [7, 11) is 0. The summed E-state index contributed by atoms with van der Waals surface area (Å²) >= 11 is 3.43. The summed E-state index contributed by atoms with van der Waals surface area (Å²) in [6.07, 6.45) is 0. The highest BCUT2D eigenvalue weighted by molar-refractivity contribution is 8.17. The molecule has 0 aliphatic carbocycles. The molecule has 0 saturated carbocycles. The summed E-state index contributed by atoms with van der Waals surface area (Å²) in [6, 6.07) is 0. The highest BCUT2D eigenvalue weighted by atomic mass is 32.2. The molecule has 4 nitrogen and oxygen atoms in total. The van der Waals surface area contributed by atoms with Crippen molar-refractivity contribution >= 4 is 35.5 Å². The topological polar surface area (TPSA) is 52.6 Å². The van der Waals surface area contributed by atoms with Crippen molar-refractivity contribution in [2.24, 2.45) is 11.8 Å². The van der Waals surface area contributed by atoms with Crippen LogP contribution in [0.5, 0.6) is 0 Å². The van der Waals surface area contributed by atoms with Gasteiger partial charge in [-0.05, 0) is 20.8 Å². The first-order valence-electron chi connectivity index (χ1n) is 6.98. The molecule has 0 fully saturated rings. The van der Waals surface area contributed by atoms with Gasteiger partial charge in [0.25, 0.3) is 0 Å². The predicted octanol–water partition coefficient (Wildman–Crippen LogP) is 3.20. The van der Waals surface area contributed by atoms with E-state index in [9.17, 15) is 9.59 Å². The van der Waals surface area contributed by atoms with Crippen LogP contribution in [0, 0.1) is 11.8 Å². The van der Waals surface area contributed by atoms with E-state index in [1.807, 2.05) is 27.7 Å². The van der Waals surface area contributed by atoms with Crippen LogP contribution in [0.15, 0.2) is 0 Å². The highest BCUT2D eigenvalue weighted by Gasteiger charge is 2.18. The number of rotatable bonds is 10. The van der Waals surface area contributed by atoms with E-state index < -0.39 is 0 Å². The third-order valence-corrected chi connectivity index (χ3v) is 5.68. The molecule has 0 aliphatic rings. The summed E-state index contributed by atoms with van der Waals surface area (Å²) in [5.41, 5.74) is 0. The lowest BCUT2D eigenvalue weighted by atomic mass is 10.2. The molecule has 20 heavy (non-hydrogen) atoms. The van der Waals surface area contributed by atoms with E-state index in [0.717, 1.165) is 11.5 Å². The fourth-order valence-electron chi connectivity index (χ4n) is 1.31. The molecule has 2 unspecified atom stereocenters. The number of hydrogen-bond donors (Lipinski definition) is 0. The first kappa shape index (κ1) is 19.6. The molecule has 118 valence electrons. The van der Waals surface area contributed by atoms with Gasteiger partial charge in [-0.3, -0.25) is 9.59 Å². The predicted molar refractivity (Wildman–Crippen MR) is 86.0 cm³/mol. The van der Waals surface area contributed by atoms with Crippen molar-refractivity contribution in [3.63, 3.8) is 0 Å². The summed E-state index contributed by atoms with van der Waals surface area (Å²) in [5, 5.41) is 0. The second-order valence-electron chi connectivity index (χ2n) is 4.54. The molecule has 0 aromatic carbocycles. The molecule has 0 rings (SSSR count). The average Bonchev–Trinajstić information content (AvgIpc) is 2.42. The molecule has 0 radical (unpaired) electrons. The van der Waals surface area contributed by atoms with Crippen molar-refractivity contribution in [2.75, 3.05) is 24.7 Å². The smallest absolute Gasteiger partial charge is 0.309 e. The Morgan fingerprint density at radius 2 is 1.20 bits per heavy atom. The van der Waals surface area contributed by atoms with Crippen LogP contribution in [-0.2, 0) is 19.1 Å². The minimum atomic E-state index is -0.142. The molecule has 0 heterocycles. The number of hydrogen-bond acceptors (Lipinski definition) is 6. The normalized spacial score (nSPS) is 15.2. The first-order chi connectivity index (χ1) is 9.42. The van der Waals surface area contributed by atoms with E-state index >= 15 is 0 Å². The van der Waals surface area contributed by atoms with Gasteiger partial charge in [-0.2, -0.15) is 0 Å². The van der Waals surface area contributed by atoms with Gasteiger partial charge in [0.1, 0.15) is 0 Å². The quantitative estimate of drug-likeness (QED) is 0.455. The molecule has 0 amide bonds. The van der Waals surface area contributed by atoms with Crippen molar-refractivity contribution in [1.29, 1.82) is 0 Å². The van der Waals surface area contributed by atoms with Crippen molar-refractivity contribution in [1.82, 2.24) is 0 Å². The Hall–Kier alpha value is -0.360. The maximum absolute atomic E-state index is 11.5. The van der Waals surface area contributed by atoms with E-state index in [4.69, 9.17) is 9.47 Å². The maximum Gasteiger partial charge on any atom is 0.309 e. The summed E-state index contributed by atoms with van der Waals surface area (Å²) in [6.45, 7) is 10.3. The molecule has 6 heteroatoms.